The van der Waals surface area contributed by atoms with Gasteiger partial charge in [-0.15, -0.1) is 0 Å². The van der Waals surface area contributed by atoms with Crippen molar-refractivity contribution < 1.29 is 14.7 Å². The minimum absolute atomic E-state index is 0.00184. The van der Waals surface area contributed by atoms with Crippen LogP contribution in [0.5, 0.6) is 0 Å². The van der Waals surface area contributed by atoms with E-state index < -0.39 is 11.9 Å². The van der Waals surface area contributed by atoms with Crippen LogP contribution in [-0.4, -0.2) is 48.1 Å². The van der Waals surface area contributed by atoms with E-state index in [1.54, 1.807) is 18.9 Å². The van der Waals surface area contributed by atoms with Crippen LogP contribution in [0.25, 0.3) is 0 Å². The Morgan fingerprint density at radius 2 is 1.94 bits per heavy atom. The van der Waals surface area contributed by atoms with Crippen LogP contribution in [0.3, 0.4) is 0 Å². The Labute approximate surface area is 109 Å². The van der Waals surface area contributed by atoms with Gasteiger partial charge in [-0.05, 0) is 19.9 Å². The topological polar surface area (TPSA) is 69.6 Å². The lowest BCUT2D eigenvalue weighted by atomic mass is 9.95. The molecule has 0 saturated heterocycles. The molecule has 0 radical (unpaired) electrons. The third kappa shape index (κ3) is 5.49. The highest BCUT2D eigenvalue weighted by molar-refractivity contribution is 5.78. The average molecular weight is 256 g/mol. The van der Waals surface area contributed by atoms with Crippen molar-refractivity contribution in [3.8, 4) is 0 Å². The summed E-state index contributed by atoms with van der Waals surface area (Å²) in [6.07, 6.45) is 5.79. The van der Waals surface area contributed by atoms with E-state index in [1.165, 1.54) is 19.3 Å². The van der Waals surface area contributed by atoms with E-state index in [0.29, 0.717) is 12.6 Å². The van der Waals surface area contributed by atoms with Crippen molar-refractivity contribution in [1.29, 1.82) is 0 Å². The standard InChI is InChI=1S/C13H24N2O3/c1-10(13(17)18)8-15(2)9-12(16)14-11-6-4-3-5-7-11/h10-11H,3-9H2,1-2H3,(H,14,16)(H,17,18). The Morgan fingerprint density at radius 1 is 1.33 bits per heavy atom. The molecule has 0 spiro atoms. The van der Waals surface area contributed by atoms with E-state index in [1.807, 2.05) is 0 Å². The number of carbonyl (C=O) groups excluding carboxylic acids is 1. The minimum atomic E-state index is -0.825. The Bertz CT molecular complexity index is 288. The fourth-order valence-electron chi connectivity index (χ4n) is 2.38. The second-order valence-corrected chi connectivity index (χ2v) is 5.34. The van der Waals surface area contributed by atoms with Crippen LogP contribution in [0, 0.1) is 5.92 Å². The predicted octanol–water partition coefficient (Wildman–Crippen LogP) is 1.09. The van der Waals surface area contributed by atoms with Gasteiger partial charge in [-0.25, -0.2) is 0 Å². The number of amides is 1. The molecule has 1 fully saturated rings. The van der Waals surface area contributed by atoms with Crippen molar-refractivity contribution in [2.75, 3.05) is 20.1 Å². The maximum absolute atomic E-state index is 11.8. The van der Waals surface area contributed by atoms with E-state index in [9.17, 15) is 9.59 Å². The second-order valence-electron chi connectivity index (χ2n) is 5.34. The highest BCUT2D eigenvalue weighted by Gasteiger charge is 2.18. The van der Waals surface area contributed by atoms with Crippen LogP contribution >= 0.6 is 0 Å². The molecular weight excluding hydrogens is 232 g/mol. The van der Waals surface area contributed by atoms with Crippen molar-refractivity contribution in [3.05, 3.63) is 0 Å². The average Bonchev–Trinajstić information content (AvgIpc) is 2.29. The van der Waals surface area contributed by atoms with Gasteiger partial charge in [0.05, 0.1) is 12.5 Å². The van der Waals surface area contributed by atoms with Gasteiger partial charge in [0.15, 0.2) is 0 Å². The molecule has 0 heterocycles. The smallest absolute Gasteiger partial charge is 0.307 e. The Kier molecular flexibility index (Phi) is 6.12. The molecule has 18 heavy (non-hydrogen) atoms. The van der Waals surface area contributed by atoms with Crippen LogP contribution in [0.15, 0.2) is 0 Å². The minimum Gasteiger partial charge on any atom is -0.481 e. The summed E-state index contributed by atoms with van der Waals surface area (Å²) in [6.45, 7) is 2.32. The molecule has 0 aliphatic heterocycles. The number of likely N-dealkylation sites (N-methyl/N-ethyl adjacent to an activating group) is 1. The van der Waals surface area contributed by atoms with Crippen LogP contribution in [-0.2, 0) is 9.59 Å². The fraction of sp³-hybridized carbons (Fsp3) is 0.846. The summed E-state index contributed by atoms with van der Waals surface area (Å²) in [6, 6.07) is 0.316. The molecule has 1 aliphatic rings. The van der Waals surface area contributed by atoms with Crippen LogP contribution < -0.4 is 5.32 Å². The summed E-state index contributed by atoms with van der Waals surface area (Å²) < 4.78 is 0. The molecule has 1 saturated carbocycles. The summed E-state index contributed by atoms with van der Waals surface area (Å²) in [4.78, 5) is 24.2. The molecule has 1 unspecified atom stereocenters. The van der Waals surface area contributed by atoms with Crippen molar-refractivity contribution in [3.63, 3.8) is 0 Å². The largest absolute Gasteiger partial charge is 0.481 e. The summed E-state index contributed by atoms with van der Waals surface area (Å²) >= 11 is 0. The normalized spacial score (nSPS) is 18.6. The zero-order chi connectivity index (χ0) is 13.5. The Morgan fingerprint density at radius 3 is 2.50 bits per heavy atom. The number of nitrogens with zero attached hydrogens (tertiary/aromatic N) is 1. The number of carboxylic acid groups (broad SMARTS) is 1. The molecule has 1 amide bonds. The number of carbonyl (C=O) groups is 2. The lowest BCUT2D eigenvalue weighted by molar-refractivity contribution is -0.142. The molecule has 5 nitrogen and oxygen atoms in total. The second kappa shape index (κ2) is 7.36. The van der Waals surface area contributed by atoms with E-state index in [2.05, 4.69) is 5.32 Å². The molecule has 1 aliphatic carbocycles. The van der Waals surface area contributed by atoms with Crippen LogP contribution in [0.1, 0.15) is 39.0 Å². The third-order valence-corrected chi connectivity index (χ3v) is 3.39. The van der Waals surface area contributed by atoms with E-state index in [4.69, 9.17) is 5.11 Å². The van der Waals surface area contributed by atoms with Gasteiger partial charge in [0, 0.05) is 12.6 Å². The van der Waals surface area contributed by atoms with Crippen molar-refractivity contribution in [2.45, 2.75) is 45.1 Å². The predicted molar refractivity (Wildman–Crippen MR) is 69.3 cm³/mol. The maximum Gasteiger partial charge on any atom is 0.307 e. The summed E-state index contributed by atoms with van der Waals surface area (Å²) in [5.74, 6) is -1.27. The van der Waals surface area contributed by atoms with Gasteiger partial charge < -0.3 is 10.4 Å². The number of rotatable bonds is 6. The van der Waals surface area contributed by atoms with Crippen molar-refractivity contribution in [2.24, 2.45) is 5.92 Å². The van der Waals surface area contributed by atoms with E-state index in [0.717, 1.165) is 12.8 Å². The Balaban J connectivity index is 2.24. The summed E-state index contributed by atoms with van der Waals surface area (Å²) in [7, 11) is 1.78. The SMILES string of the molecule is CC(CN(C)CC(=O)NC1CCCCC1)C(=O)O. The first kappa shape index (κ1) is 15.0. The maximum atomic E-state index is 11.8. The molecule has 5 heteroatoms. The number of carboxylic acids is 1. The first-order valence-electron chi connectivity index (χ1n) is 6.69. The van der Waals surface area contributed by atoms with Crippen molar-refractivity contribution in [1.82, 2.24) is 10.2 Å². The zero-order valence-electron chi connectivity index (χ0n) is 11.3. The molecule has 1 rings (SSSR count). The molecule has 0 bridgehead atoms. The molecular formula is C13H24N2O3. The monoisotopic (exact) mass is 256 g/mol. The number of hydrogen-bond donors (Lipinski definition) is 2. The Hall–Kier alpha value is -1.10. The number of aliphatic carboxylic acids is 1. The molecule has 2 N–H and O–H groups in total. The van der Waals surface area contributed by atoms with Gasteiger partial charge in [-0.1, -0.05) is 26.2 Å². The highest BCUT2D eigenvalue weighted by Crippen LogP contribution is 2.17. The number of nitrogens with one attached hydrogen (secondary N) is 1. The summed E-state index contributed by atoms with van der Waals surface area (Å²) in [5, 5.41) is 11.8. The first-order chi connectivity index (χ1) is 8.49. The van der Waals surface area contributed by atoms with Gasteiger partial charge in [-0.3, -0.25) is 14.5 Å². The van der Waals surface area contributed by atoms with Gasteiger partial charge in [0.1, 0.15) is 0 Å². The fourth-order valence-corrected chi connectivity index (χ4v) is 2.38. The third-order valence-electron chi connectivity index (χ3n) is 3.39. The first-order valence-corrected chi connectivity index (χ1v) is 6.69. The molecule has 0 aromatic heterocycles. The van der Waals surface area contributed by atoms with Gasteiger partial charge >= 0.3 is 5.97 Å². The number of hydrogen-bond acceptors (Lipinski definition) is 3. The van der Waals surface area contributed by atoms with Gasteiger partial charge in [0.25, 0.3) is 0 Å². The molecule has 0 aromatic carbocycles. The lowest BCUT2D eigenvalue weighted by Gasteiger charge is -2.24. The van der Waals surface area contributed by atoms with Crippen molar-refractivity contribution >= 4 is 11.9 Å². The lowest BCUT2D eigenvalue weighted by Crippen LogP contribution is -2.43. The van der Waals surface area contributed by atoms with Gasteiger partial charge in [0.2, 0.25) is 5.91 Å². The van der Waals surface area contributed by atoms with Gasteiger partial charge in [-0.2, -0.15) is 0 Å². The molecule has 104 valence electrons. The molecule has 0 aromatic rings. The highest BCUT2D eigenvalue weighted by atomic mass is 16.4. The van der Waals surface area contributed by atoms with E-state index >= 15 is 0 Å². The van der Waals surface area contributed by atoms with Crippen LogP contribution in [0.2, 0.25) is 0 Å². The molecule has 1 atom stereocenters. The van der Waals surface area contributed by atoms with Crippen LogP contribution in [0.4, 0.5) is 0 Å². The zero-order valence-corrected chi connectivity index (χ0v) is 11.3. The quantitative estimate of drug-likeness (QED) is 0.746. The van der Waals surface area contributed by atoms with E-state index in [-0.39, 0.29) is 12.5 Å². The summed E-state index contributed by atoms with van der Waals surface area (Å²) in [5.41, 5.74) is 0.